The van der Waals surface area contributed by atoms with Crippen molar-refractivity contribution in [3.8, 4) is 17.0 Å². The maximum Gasteiger partial charge on any atom is 0.150 e. The van der Waals surface area contributed by atoms with Gasteiger partial charge in [-0.1, -0.05) is 0 Å². The van der Waals surface area contributed by atoms with E-state index in [1.807, 2.05) is 29.9 Å². The number of benzene rings is 1. The maximum absolute atomic E-state index is 8.81. The number of ether oxygens (including phenoxy) is 3. The number of aliphatic hydroxyl groups is 1. The molecular formula is C22H30N4O4. The molecule has 4 rings (SSSR count). The van der Waals surface area contributed by atoms with Crippen LogP contribution in [0, 0.1) is 0 Å². The van der Waals surface area contributed by atoms with Gasteiger partial charge in [0.25, 0.3) is 0 Å². The summed E-state index contributed by atoms with van der Waals surface area (Å²) in [7, 11) is 0. The summed E-state index contributed by atoms with van der Waals surface area (Å²) in [6, 6.07) is 6.10. The van der Waals surface area contributed by atoms with Crippen LogP contribution in [0.4, 0.5) is 0 Å². The lowest BCUT2D eigenvalue weighted by Gasteiger charge is -2.23. The molecule has 0 spiro atoms. The van der Waals surface area contributed by atoms with Crippen molar-refractivity contribution in [2.75, 3.05) is 26.4 Å². The van der Waals surface area contributed by atoms with E-state index in [1.165, 1.54) is 0 Å². The smallest absolute Gasteiger partial charge is 0.150 e. The van der Waals surface area contributed by atoms with E-state index in [-0.39, 0.29) is 18.9 Å². The zero-order valence-electron chi connectivity index (χ0n) is 17.4. The molecule has 1 aliphatic heterocycles. The number of hydrogen-bond acceptors (Lipinski definition) is 6. The number of aliphatic hydroxyl groups excluding tert-OH is 1. The van der Waals surface area contributed by atoms with Gasteiger partial charge in [0.05, 0.1) is 24.4 Å². The van der Waals surface area contributed by atoms with Crippen LogP contribution in [0.25, 0.3) is 22.2 Å². The third kappa shape index (κ3) is 4.83. The van der Waals surface area contributed by atoms with Crippen LogP contribution in [0.5, 0.6) is 5.75 Å². The monoisotopic (exact) mass is 414 g/mol. The molecule has 162 valence electrons. The molecule has 3 heterocycles. The molecule has 30 heavy (non-hydrogen) atoms. The zero-order valence-corrected chi connectivity index (χ0v) is 17.4. The average Bonchev–Trinajstić information content (AvgIpc) is 3.42. The van der Waals surface area contributed by atoms with E-state index in [9.17, 15) is 0 Å². The first kappa shape index (κ1) is 20.8. The summed E-state index contributed by atoms with van der Waals surface area (Å²) in [6.45, 7) is 4.15. The van der Waals surface area contributed by atoms with Crippen molar-refractivity contribution in [3.05, 3.63) is 30.6 Å². The third-order valence-electron chi connectivity index (χ3n) is 5.33. The first-order valence-corrected chi connectivity index (χ1v) is 10.7. The van der Waals surface area contributed by atoms with E-state index >= 15 is 0 Å². The van der Waals surface area contributed by atoms with Crippen LogP contribution in [0.15, 0.2) is 30.6 Å². The molecule has 8 nitrogen and oxygen atoms in total. The first-order chi connectivity index (χ1) is 14.8. The van der Waals surface area contributed by atoms with Crippen molar-refractivity contribution in [2.45, 2.75) is 51.4 Å². The van der Waals surface area contributed by atoms with Crippen LogP contribution in [-0.4, -0.2) is 57.6 Å². The lowest BCUT2D eigenvalue weighted by atomic mass is 10.1. The van der Waals surface area contributed by atoms with Crippen molar-refractivity contribution in [1.82, 2.24) is 20.0 Å². The normalized spacial score (nSPS) is 18.0. The van der Waals surface area contributed by atoms with Crippen LogP contribution in [-0.2, 0) is 9.47 Å². The molecule has 1 saturated heterocycles. The number of aromatic nitrogens is 4. The van der Waals surface area contributed by atoms with Gasteiger partial charge in [0.1, 0.15) is 11.4 Å². The number of aromatic amines is 1. The molecule has 1 aromatic carbocycles. The molecule has 2 atom stereocenters. The van der Waals surface area contributed by atoms with E-state index in [4.69, 9.17) is 24.4 Å². The van der Waals surface area contributed by atoms with Gasteiger partial charge < -0.3 is 19.3 Å². The second-order valence-corrected chi connectivity index (χ2v) is 7.69. The predicted molar refractivity (Wildman–Crippen MR) is 113 cm³/mol. The van der Waals surface area contributed by atoms with Gasteiger partial charge in [-0.3, -0.25) is 5.10 Å². The topological polar surface area (TPSA) is 94.4 Å². The van der Waals surface area contributed by atoms with E-state index in [0.717, 1.165) is 60.2 Å². The third-order valence-corrected chi connectivity index (χ3v) is 5.33. The SMILES string of the molecule is CC(CCOCCCO)Oc1ccc2c(c1)c(-c1cn[nH]c1)nn2C1CCCCO1. The average molecular weight is 415 g/mol. The number of fused-ring (bicyclic) bond motifs is 1. The molecule has 2 aromatic heterocycles. The number of hydrogen-bond donors (Lipinski definition) is 2. The molecule has 1 fully saturated rings. The van der Waals surface area contributed by atoms with Crippen LogP contribution in [0.3, 0.4) is 0 Å². The summed E-state index contributed by atoms with van der Waals surface area (Å²) in [6.07, 6.45) is 8.28. The molecule has 8 heteroatoms. The fourth-order valence-corrected chi connectivity index (χ4v) is 3.73. The van der Waals surface area contributed by atoms with E-state index < -0.39 is 0 Å². The van der Waals surface area contributed by atoms with Gasteiger partial charge in [-0.15, -0.1) is 0 Å². The number of nitrogens with zero attached hydrogens (tertiary/aromatic N) is 3. The van der Waals surface area contributed by atoms with Gasteiger partial charge in [0.15, 0.2) is 6.23 Å². The molecule has 0 aliphatic carbocycles. The van der Waals surface area contributed by atoms with Gasteiger partial charge in [-0.2, -0.15) is 10.2 Å². The standard InChI is InChI=1S/C22H30N4O4/c1-16(8-12-28-10-4-9-27)30-18-6-7-20-19(13-18)22(17-14-23-24-15-17)25-26(20)21-5-2-3-11-29-21/h6-7,13-16,21,27H,2-5,8-12H2,1H3,(H,23,24). The maximum atomic E-state index is 8.81. The van der Waals surface area contributed by atoms with Crippen LogP contribution in [0.2, 0.25) is 0 Å². The van der Waals surface area contributed by atoms with Crippen LogP contribution in [0.1, 0.15) is 45.3 Å². The molecule has 0 bridgehead atoms. The van der Waals surface area contributed by atoms with Gasteiger partial charge in [-0.05, 0) is 50.8 Å². The fraction of sp³-hybridized carbons (Fsp3) is 0.545. The summed E-state index contributed by atoms with van der Waals surface area (Å²) in [5.41, 5.74) is 2.85. The lowest BCUT2D eigenvalue weighted by Crippen LogP contribution is -2.19. The molecule has 2 N–H and O–H groups in total. The van der Waals surface area contributed by atoms with Crippen molar-refractivity contribution in [3.63, 3.8) is 0 Å². The Bertz CT molecular complexity index is 919. The molecule has 0 saturated carbocycles. The fourth-order valence-electron chi connectivity index (χ4n) is 3.73. The Labute approximate surface area is 176 Å². The highest BCUT2D eigenvalue weighted by Crippen LogP contribution is 2.34. The minimum atomic E-state index is -0.0383. The molecular weight excluding hydrogens is 384 g/mol. The van der Waals surface area contributed by atoms with Crippen LogP contribution >= 0.6 is 0 Å². The second-order valence-electron chi connectivity index (χ2n) is 7.69. The highest BCUT2D eigenvalue weighted by Gasteiger charge is 2.22. The second kappa shape index (κ2) is 10.1. The quantitative estimate of drug-likeness (QED) is 0.492. The van der Waals surface area contributed by atoms with E-state index in [2.05, 4.69) is 16.3 Å². The minimum absolute atomic E-state index is 0.0191. The van der Waals surface area contributed by atoms with Gasteiger partial charge in [0, 0.05) is 43.4 Å². The molecule has 2 unspecified atom stereocenters. The first-order valence-electron chi connectivity index (χ1n) is 10.7. The summed E-state index contributed by atoms with van der Waals surface area (Å²) in [4.78, 5) is 0. The summed E-state index contributed by atoms with van der Waals surface area (Å²) >= 11 is 0. The van der Waals surface area contributed by atoms with E-state index in [0.29, 0.717) is 19.6 Å². The van der Waals surface area contributed by atoms with Gasteiger partial charge in [-0.25, -0.2) is 4.68 Å². The molecule has 1 aliphatic rings. The van der Waals surface area contributed by atoms with Crippen molar-refractivity contribution in [2.24, 2.45) is 0 Å². The Morgan fingerprint density at radius 3 is 3.03 bits per heavy atom. The Morgan fingerprint density at radius 2 is 2.27 bits per heavy atom. The van der Waals surface area contributed by atoms with Crippen LogP contribution < -0.4 is 4.74 Å². The Hall–Kier alpha value is -2.42. The summed E-state index contributed by atoms with van der Waals surface area (Å²) in [5, 5.41) is 21.7. The number of nitrogens with one attached hydrogen (secondary N) is 1. The van der Waals surface area contributed by atoms with Crippen molar-refractivity contribution >= 4 is 10.9 Å². The molecule has 3 aromatic rings. The van der Waals surface area contributed by atoms with Crippen molar-refractivity contribution in [1.29, 1.82) is 0 Å². The lowest BCUT2D eigenvalue weighted by molar-refractivity contribution is -0.0365. The molecule has 0 radical (unpaired) electrons. The number of rotatable bonds is 10. The number of H-pyrrole nitrogens is 1. The predicted octanol–water partition coefficient (Wildman–Crippen LogP) is 3.68. The minimum Gasteiger partial charge on any atom is -0.491 e. The largest absolute Gasteiger partial charge is 0.491 e. The van der Waals surface area contributed by atoms with Crippen molar-refractivity contribution < 1.29 is 19.3 Å². The summed E-state index contributed by atoms with van der Waals surface area (Å²) < 4.78 is 19.6. The van der Waals surface area contributed by atoms with Gasteiger partial charge in [0.2, 0.25) is 0 Å². The Morgan fingerprint density at radius 1 is 1.33 bits per heavy atom. The molecule has 0 amide bonds. The summed E-state index contributed by atoms with van der Waals surface area (Å²) in [5.74, 6) is 0.805. The van der Waals surface area contributed by atoms with Gasteiger partial charge >= 0.3 is 0 Å². The Balaban J connectivity index is 1.54. The Kier molecular flexibility index (Phi) is 6.99. The zero-order chi connectivity index (χ0) is 20.8. The highest BCUT2D eigenvalue weighted by molar-refractivity contribution is 5.94. The highest BCUT2D eigenvalue weighted by atomic mass is 16.5. The van der Waals surface area contributed by atoms with E-state index in [1.54, 1.807) is 6.20 Å².